The largest absolute Gasteiger partial charge is 0.443 e. The van der Waals surface area contributed by atoms with E-state index in [2.05, 4.69) is 24.3 Å². The minimum absolute atomic E-state index is 0.215. The molecule has 3 aromatic rings. The van der Waals surface area contributed by atoms with E-state index in [0.29, 0.717) is 13.1 Å². The summed E-state index contributed by atoms with van der Waals surface area (Å²) in [7, 11) is 0. The molecule has 1 aliphatic rings. The minimum atomic E-state index is -0.315. The lowest BCUT2D eigenvalue weighted by atomic mass is 10.1. The van der Waals surface area contributed by atoms with Crippen LogP contribution in [-0.2, 0) is 4.74 Å². The third-order valence-electron chi connectivity index (χ3n) is 3.81. The first-order chi connectivity index (χ1) is 10.3. The highest BCUT2D eigenvalue weighted by Gasteiger charge is 2.31. The quantitative estimate of drug-likeness (QED) is 0.789. The number of hydrogen-bond donors (Lipinski definition) is 1. The Balaban J connectivity index is 1.83. The molecule has 0 saturated carbocycles. The van der Waals surface area contributed by atoms with E-state index in [-0.39, 0.29) is 12.2 Å². The maximum Gasteiger partial charge on any atom is 0.414 e. The second-order valence-electron chi connectivity index (χ2n) is 5.13. The maximum absolute atomic E-state index is 11.9. The number of carbonyl (C=O) groups excluding carboxylic acids is 1. The fraction of sp³-hybridized carbons (Fsp3) is 0.188. The van der Waals surface area contributed by atoms with Gasteiger partial charge in [-0.3, -0.25) is 4.90 Å². The molecule has 0 aliphatic carbocycles. The number of thiophene rings is 1. The maximum atomic E-state index is 11.9. The molecule has 21 heavy (non-hydrogen) atoms. The zero-order valence-electron chi connectivity index (χ0n) is 11.3. The first kappa shape index (κ1) is 12.6. The minimum Gasteiger partial charge on any atom is -0.443 e. The molecule has 0 radical (unpaired) electrons. The Hall–Kier alpha value is -2.11. The fourth-order valence-electron chi connectivity index (χ4n) is 2.74. The van der Waals surface area contributed by atoms with Crippen molar-refractivity contribution >= 4 is 43.3 Å². The molecule has 106 valence electrons. The van der Waals surface area contributed by atoms with Gasteiger partial charge >= 0.3 is 6.09 Å². The van der Waals surface area contributed by atoms with E-state index in [4.69, 9.17) is 10.5 Å². The summed E-state index contributed by atoms with van der Waals surface area (Å²) < 4.78 is 7.71. The van der Waals surface area contributed by atoms with Crippen molar-refractivity contribution in [3.05, 3.63) is 42.5 Å². The lowest BCUT2D eigenvalue weighted by Gasteiger charge is -2.12. The number of nitrogens with two attached hydrogens (primary N) is 1. The summed E-state index contributed by atoms with van der Waals surface area (Å²) in [4.78, 5) is 13.6. The molecular formula is C16H14N2O2S. The first-order valence-corrected chi connectivity index (χ1v) is 7.67. The molecule has 1 saturated heterocycles. The van der Waals surface area contributed by atoms with E-state index in [1.807, 2.05) is 18.2 Å². The molecule has 4 nitrogen and oxygen atoms in total. The summed E-state index contributed by atoms with van der Waals surface area (Å²) in [5.41, 5.74) is 6.45. The number of rotatable bonds is 2. The molecule has 2 N–H and O–H groups in total. The number of anilines is 1. The van der Waals surface area contributed by atoms with Gasteiger partial charge in [0.15, 0.2) is 0 Å². The molecule has 1 amide bonds. The Kier molecular flexibility index (Phi) is 2.83. The molecule has 0 unspecified atom stereocenters. The molecule has 1 fully saturated rings. The Morgan fingerprint density at radius 3 is 2.81 bits per heavy atom. The monoisotopic (exact) mass is 298 g/mol. The van der Waals surface area contributed by atoms with Gasteiger partial charge in [-0.15, -0.1) is 11.3 Å². The van der Waals surface area contributed by atoms with Crippen LogP contribution in [0.2, 0.25) is 0 Å². The second kappa shape index (κ2) is 4.72. The van der Waals surface area contributed by atoms with Gasteiger partial charge in [0.2, 0.25) is 0 Å². The summed E-state index contributed by atoms with van der Waals surface area (Å²) >= 11 is 1.76. The van der Waals surface area contributed by atoms with Crippen LogP contribution in [0.5, 0.6) is 0 Å². The van der Waals surface area contributed by atoms with Gasteiger partial charge in [-0.2, -0.15) is 0 Å². The van der Waals surface area contributed by atoms with Crippen molar-refractivity contribution in [1.29, 1.82) is 0 Å². The van der Waals surface area contributed by atoms with Crippen LogP contribution in [0.15, 0.2) is 42.5 Å². The SMILES string of the molecule is NC[C@H]1CN(c2ccc3sc4ccccc4c3c2)C(=O)O1. The number of hydrogen-bond acceptors (Lipinski definition) is 4. The van der Waals surface area contributed by atoms with E-state index in [1.54, 1.807) is 16.2 Å². The predicted molar refractivity (Wildman–Crippen MR) is 86.0 cm³/mol. The molecule has 2 heterocycles. The Morgan fingerprint density at radius 1 is 1.19 bits per heavy atom. The van der Waals surface area contributed by atoms with Crippen LogP contribution >= 0.6 is 11.3 Å². The molecule has 1 aliphatic heterocycles. The van der Waals surface area contributed by atoms with Crippen LogP contribution in [0.3, 0.4) is 0 Å². The van der Waals surface area contributed by atoms with Crippen molar-refractivity contribution in [3.63, 3.8) is 0 Å². The Bertz CT molecular complexity index is 843. The summed E-state index contributed by atoms with van der Waals surface area (Å²) in [5, 5.41) is 2.40. The number of amides is 1. The van der Waals surface area contributed by atoms with Crippen molar-refractivity contribution < 1.29 is 9.53 Å². The number of carbonyl (C=O) groups is 1. The summed E-state index contributed by atoms with van der Waals surface area (Å²) in [6.45, 7) is 0.870. The summed E-state index contributed by atoms with van der Waals surface area (Å²) in [6.07, 6.45) is -0.531. The number of cyclic esters (lactones) is 1. The number of ether oxygens (including phenoxy) is 1. The van der Waals surface area contributed by atoms with Crippen LogP contribution in [0.1, 0.15) is 0 Å². The third kappa shape index (κ3) is 1.97. The van der Waals surface area contributed by atoms with Crippen molar-refractivity contribution in [1.82, 2.24) is 0 Å². The normalized spacial score (nSPS) is 18.6. The van der Waals surface area contributed by atoms with Crippen LogP contribution in [-0.4, -0.2) is 25.3 Å². The van der Waals surface area contributed by atoms with Gasteiger partial charge in [-0.1, -0.05) is 18.2 Å². The van der Waals surface area contributed by atoms with E-state index in [9.17, 15) is 4.79 Å². The van der Waals surface area contributed by atoms with Gasteiger partial charge in [0.1, 0.15) is 6.10 Å². The lowest BCUT2D eigenvalue weighted by Crippen LogP contribution is -2.27. The van der Waals surface area contributed by atoms with E-state index >= 15 is 0 Å². The van der Waals surface area contributed by atoms with Crippen molar-refractivity contribution in [2.45, 2.75) is 6.10 Å². The predicted octanol–water partition coefficient (Wildman–Crippen LogP) is 3.34. The average Bonchev–Trinajstić information content (AvgIpc) is 3.07. The van der Waals surface area contributed by atoms with E-state index < -0.39 is 0 Å². The fourth-order valence-corrected chi connectivity index (χ4v) is 3.82. The van der Waals surface area contributed by atoms with Crippen LogP contribution < -0.4 is 10.6 Å². The molecule has 1 atom stereocenters. The third-order valence-corrected chi connectivity index (χ3v) is 4.96. The standard InChI is InChI=1S/C16H14N2O2S/c17-8-11-9-18(16(19)20-11)10-5-6-15-13(7-10)12-3-1-2-4-14(12)21-15/h1-7,11H,8-9,17H2/t11-/m0/s1. The molecule has 5 heteroatoms. The highest BCUT2D eigenvalue weighted by molar-refractivity contribution is 7.25. The van der Waals surface area contributed by atoms with Gasteiger partial charge in [0.25, 0.3) is 0 Å². The topological polar surface area (TPSA) is 55.6 Å². The zero-order valence-corrected chi connectivity index (χ0v) is 12.1. The number of nitrogens with zero attached hydrogens (tertiary/aromatic N) is 1. The molecule has 1 aromatic heterocycles. The van der Waals surface area contributed by atoms with Crippen molar-refractivity contribution in [3.8, 4) is 0 Å². The lowest BCUT2D eigenvalue weighted by molar-refractivity contribution is 0.145. The molecule has 0 spiro atoms. The smallest absolute Gasteiger partial charge is 0.414 e. The molecule has 2 aromatic carbocycles. The van der Waals surface area contributed by atoms with Crippen LogP contribution in [0.25, 0.3) is 20.2 Å². The molecular weight excluding hydrogens is 284 g/mol. The highest BCUT2D eigenvalue weighted by Crippen LogP contribution is 2.36. The van der Waals surface area contributed by atoms with Crippen molar-refractivity contribution in [2.24, 2.45) is 5.73 Å². The van der Waals surface area contributed by atoms with E-state index in [1.165, 1.54) is 20.2 Å². The van der Waals surface area contributed by atoms with Gasteiger partial charge in [-0.25, -0.2) is 4.79 Å². The van der Waals surface area contributed by atoms with E-state index in [0.717, 1.165) is 5.69 Å². The highest BCUT2D eigenvalue weighted by atomic mass is 32.1. The van der Waals surface area contributed by atoms with Crippen LogP contribution in [0, 0.1) is 0 Å². The second-order valence-corrected chi connectivity index (χ2v) is 6.21. The van der Waals surface area contributed by atoms with Gasteiger partial charge in [0.05, 0.1) is 6.54 Å². The summed E-state index contributed by atoms with van der Waals surface area (Å²) in [6, 6.07) is 14.4. The Labute approximate surface area is 125 Å². The van der Waals surface area contributed by atoms with Crippen molar-refractivity contribution in [2.75, 3.05) is 18.0 Å². The van der Waals surface area contributed by atoms with Gasteiger partial charge in [-0.05, 0) is 24.3 Å². The Morgan fingerprint density at radius 2 is 2.00 bits per heavy atom. The zero-order chi connectivity index (χ0) is 14.4. The average molecular weight is 298 g/mol. The van der Waals surface area contributed by atoms with Gasteiger partial charge in [0, 0.05) is 32.4 Å². The molecule has 0 bridgehead atoms. The summed E-state index contributed by atoms with van der Waals surface area (Å²) in [5.74, 6) is 0. The van der Waals surface area contributed by atoms with Crippen LogP contribution in [0.4, 0.5) is 10.5 Å². The molecule has 4 rings (SSSR count). The van der Waals surface area contributed by atoms with Gasteiger partial charge < -0.3 is 10.5 Å². The number of fused-ring (bicyclic) bond motifs is 3. The first-order valence-electron chi connectivity index (χ1n) is 6.86. The number of benzene rings is 2.